The molecule has 0 bridgehead atoms. The molecule has 10 heterocycles. The van der Waals surface area contributed by atoms with E-state index < -0.39 is 32.3 Å². The second kappa shape index (κ2) is 43.8. The largest absolute Gasteiger partial charge is 0.265 e. The SMILES string of the molecule is c1ccc(-c2nccnc2[Si](c2ccccc2)(c2ccccc2)c2ccccc2)cc1.c1ccc(-c2nccnc2[Si](c2ccccc2)(c2ccccc2)c2nccnc2-c2ccccc2)cc1.c1ccc(-c2nccnc2[Si](c2ccccc2)(c2ccccc2)c2nccnc2-c2ccncc2)cc1.c1ccc([Si](c2ccccc2)(c2nccnc2-c2ccccn2)c2nccnc2-c2ccccn2)cc1. The van der Waals surface area contributed by atoms with Crippen LogP contribution in [0.1, 0.15) is 0 Å². The zero-order valence-corrected chi connectivity index (χ0v) is 81.1. The van der Waals surface area contributed by atoms with E-state index >= 15 is 0 Å². The first-order valence-electron chi connectivity index (χ1n) is 46.7. The van der Waals surface area contributed by atoms with E-state index in [-0.39, 0.29) is 0 Å². The van der Waals surface area contributed by atoms with Crippen LogP contribution in [0.2, 0.25) is 0 Å². The second-order valence-electron chi connectivity index (χ2n) is 33.2. The summed E-state index contributed by atoms with van der Waals surface area (Å²) in [4.78, 5) is 83.4. The van der Waals surface area contributed by atoms with Crippen LogP contribution in [0, 0.1) is 0 Å². The minimum atomic E-state index is -3.18. The zero-order valence-electron chi connectivity index (χ0n) is 77.1. The highest BCUT2D eigenvalue weighted by Gasteiger charge is 2.53. The molecule has 21 heteroatoms. The van der Waals surface area contributed by atoms with Gasteiger partial charge in [0.25, 0.3) is 0 Å². The first kappa shape index (κ1) is 91.5. The van der Waals surface area contributed by atoms with Gasteiger partial charge in [0.2, 0.25) is 32.3 Å². The Hall–Kier alpha value is -18.3. The molecular formula is C121H91N17Si4. The van der Waals surface area contributed by atoms with Gasteiger partial charge in [-0.2, -0.15) is 0 Å². The molecule has 0 N–H and O–H groups in total. The quantitative estimate of drug-likeness (QED) is 0.0429. The van der Waals surface area contributed by atoms with Gasteiger partial charge in [0.05, 0.1) is 77.1 Å². The van der Waals surface area contributed by atoms with Gasteiger partial charge in [-0.25, -0.2) is 0 Å². The number of rotatable bonds is 23. The Kier molecular flexibility index (Phi) is 28.2. The van der Waals surface area contributed by atoms with Crippen molar-refractivity contribution in [1.29, 1.82) is 0 Å². The Morgan fingerprint density at radius 2 is 0.261 bits per heavy atom. The maximum absolute atomic E-state index is 5.12. The van der Waals surface area contributed by atoms with E-state index in [1.807, 2.05) is 140 Å². The van der Waals surface area contributed by atoms with E-state index in [0.29, 0.717) is 0 Å². The molecule has 0 fully saturated rings. The van der Waals surface area contributed by atoms with Crippen LogP contribution >= 0.6 is 0 Å². The van der Waals surface area contributed by atoms with Crippen LogP contribution in [0.5, 0.6) is 0 Å². The summed E-state index contributed by atoms with van der Waals surface area (Å²) in [6.45, 7) is 0. The Balaban J connectivity index is 0.000000116. The molecule has 676 valence electrons. The number of nitrogens with zero attached hydrogens (tertiary/aromatic N) is 17. The molecule has 23 aromatic rings. The van der Waals surface area contributed by atoms with Crippen molar-refractivity contribution in [2.24, 2.45) is 0 Å². The molecule has 0 aliphatic rings. The predicted octanol–water partition coefficient (Wildman–Crippen LogP) is 13.6. The summed E-state index contributed by atoms with van der Waals surface area (Å²) in [7, 11) is -12.1. The number of hydrogen-bond acceptors (Lipinski definition) is 17. The maximum Gasteiger partial charge on any atom is 0.229 e. The molecule has 142 heavy (non-hydrogen) atoms. The van der Waals surface area contributed by atoms with Gasteiger partial charge in [0.1, 0.15) is 11.4 Å². The van der Waals surface area contributed by atoms with Crippen molar-refractivity contribution in [3.05, 3.63) is 554 Å². The van der Waals surface area contributed by atoms with Gasteiger partial charge < -0.3 is 0 Å². The van der Waals surface area contributed by atoms with E-state index in [2.05, 4.69) is 324 Å². The van der Waals surface area contributed by atoms with Gasteiger partial charge >= 0.3 is 0 Å². The lowest BCUT2D eigenvalue weighted by atomic mass is 10.2. The third-order valence-corrected chi connectivity index (χ3v) is 43.5. The zero-order chi connectivity index (χ0) is 95.7. The van der Waals surface area contributed by atoms with Crippen molar-refractivity contribution in [2.75, 3.05) is 0 Å². The van der Waals surface area contributed by atoms with Crippen molar-refractivity contribution >= 4 is 116 Å². The van der Waals surface area contributed by atoms with E-state index in [1.54, 1.807) is 105 Å². The van der Waals surface area contributed by atoms with Crippen LogP contribution in [-0.4, -0.2) is 117 Å². The van der Waals surface area contributed by atoms with Crippen molar-refractivity contribution in [2.45, 2.75) is 0 Å². The highest BCUT2D eigenvalue weighted by Crippen LogP contribution is 2.28. The molecule has 17 nitrogen and oxygen atoms in total. The highest BCUT2D eigenvalue weighted by molar-refractivity contribution is 7.22. The van der Waals surface area contributed by atoms with Crippen LogP contribution in [0.15, 0.2) is 554 Å². The normalized spacial score (nSPS) is 11.2. The predicted molar refractivity (Wildman–Crippen MR) is 581 cm³/mol. The van der Waals surface area contributed by atoms with Gasteiger partial charge in [0.15, 0.2) is 0 Å². The molecule has 0 spiro atoms. The molecule has 13 aromatic carbocycles. The molecule has 0 saturated heterocycles. The minimum Gasteiger partial charge on any atom is -0.265 e. The molecule has 0 saturated carbocycles. The third kappa shape index (κ3) is 18.4. The van der Waals surface area contributed by atoms with Crippen molar-refractivity contribution in [3.8, 4) is 79.1 Å². The fourth-order valence-corrected chi connectivity index (χ4v) is 38.0. The summed E-state index contributed by atoms with van der Waals surface area (Å²) < 4.78 is 0. The molecular weight excluding hydrogens is 1800 g/mol. The smallest absolute Gasteiger partial charge is 0.229 e. The Morgan fingerprint density at radius 1 is 0.106 bits per heavy atom. The lowest BCUT2D eigenvalue weighted by Crippen LogP contribution is -2.77. The fraction of sp³-hybridized carbons (Fsp3) is 0. The van der Waals surface area contributed by atoms with Gasteiger partial charge in [0, 0.05) is 139 Å². The minimum absolute atomic E-state index is 0.736. The molecule has 0 aliphatic carbocycles. The number of hydrogen-bond donors (Lipinski definition) is 0. The summed E-state index contributed by atoms with van der Waals surface area (Å²) in [6, 6.07) is 153. The van der Waals surface area contributed by atoms with Crippen LogP contribution in [0.25, 0.3) is 79.1 Å². The van der Waals surface area contributed by atoms with Gasteiger partial charge in [-0.1, -0.05) is 406 Å². The Bertz CT molecular complexity index is 6930. The summed E-state index contributed by atoms with van der Waals surface area (Å²) in [5, 5.41) is 17.3. The molecule has 0 amide bonds. The average Bonchev–Trinajstić information content (AvgIpc) is 0.744. The van der Waals surface area contributed by atoms with Crippen LogP contribution in [0.4, 0.5) is 0 Å². The van der Waals surface area contributed by atoms with E-state index in [1.165, 1.54) is 25.9 Å². The van der Waals surface area contributed by atoms with E-state index in [4.69, 9.17) is 69.8 Å². The molecule has 10 aromatic heterocycles. The maximum atomic E-state index is 5.12. The molecule has 0 unspecified atom stereocenters. The van der Waals surface area contributed by atoms with Crippen LogP contribution < -0.4 is 83.9 Å². The van der Waals surface area contributed by atoms with Crippen LogP contribution in [-0.2, 0) is 0 Å². The third-order valence-electron chi connectivity index (χ3n) is 25.2. The van der Waals surface area contributed by atoms with Gasteiger partial charge in [-0.3, -0.25) is 84.7 Å². The lowest BCUT2D eigenvalue weighted by molar-refractivity contribution is 1.19. The molecule has 23 rings (SSSR count). The first-order valence-corrected chi connectivity index (χ1v) is 54.7. The van der Waals surface area contributed by atoms with E-state index in [0.717, 1.165) is 137 Å². The number of aromatic nitrogens is 17. The number of pyridine rings is 3. The summed E-state index contributed by atoms with van der Waals surface area (Å²) >= 11 is 0. The summed E-state index contributed by atoms with van der Waals surface area (Å²) in [5.74, 6) is 0. The lowest BCUT2D eigenvalue weighted by Gasteiger charge is -2.34. The Morgan fingerprint density at radius 3 is 0.458 bits per heavy atom. The number of benzene rings is 13. The highest BCUT2D eigenvalue weighted by atomic mass is 28.3. The van der Waals surface area contributed by atoms with Gasteiger partial charge in [-0.05, 0) is 83.1 Å². The average molecular weight is 1900 g/mol. The molecule has 0 aliphatic heterocycles. The standard InChI is InChI=1S/C32H24N4Si.C31H23N5Si.C30H22N6Si.C28H22N2Si/c1-5-13-25(14-6-1)29-31(35-23-21-33-29)37(27-17-9-3-10-18-27,28-19-11-4-12-20-28)32-30(34-22-24-36-32)26-15-7-2-8-16-26;1-4-10-24(11-5-1)28-30(35-22-20-33-28)37(26-12-6-2-7-13-26,27-14-8-3-9-15-27)31-29(34-21-23-36-31)25-16-18-32-19-17-25;1-3-11-23(12-4-1)37(24-13-5-2-6-14-24,29-27(33-19-21-35-29)25-15-7-9-17-31-25)30-28(34-20-22-36-30)26-16-8-10-18-32-26;1-5-13-23(14-6-1)27-28(30-22-21-29-27)31(24-15-7-2-8-16-24,25-17-9-3-10-18-25)26-19-11-4-12-20-26/h1-24H;1-23H;1-22H;1-22H. The van der Waals surface area contributed by atoms with E-state index in [9.17, 15) is 0 Å². The topological polar surface area (TPSA) is 219 Å². The first-order chi connectivity index (χ1) is 70.6. The monoisotopic (exact) mass is 1890 g/mol. The van der Waals surface area contributed by atoms with Crippen molar-refractivity contribution in [1.82, 2.24) is 84.7 Å². The summed E-state index contributed by atoms with van der Waals surface area (Å²) in [6.07, 6.45) is 32.0. The molecule has 0 radical (unpaired) electrons. The van der Waals surface area contributed by atoms with Crippen molar-refractivity contribution in [3.63, 3.8) is 0 Å². The van der Waals surface area contributed by atoms with Gasteiger partial charge in [-0.15, -0.1) is 0 Å². The summed E-state index contributed by atoms with van der Waals surface area (Å²) in [5.41, 5.74) is 12.5. The second-order valence-corrected chi connectivity index (χ2v) is 47.7. The fourth-order valence-electron chi connectivity index (χ4n) is 19.2. The van der Waals surface area contributed by atoms with Crippen molar-refractivity contribution < 1.29 is 0 Å². The Labute approximate surface area is 828 Å². The van der Waals surface area contributed by atoms with Crippen LogP contribution in [0.3, 0.4) is 0 Å². The molecule has 0 atom stereocenters.